The highest BCUT2D eigenvalue weighted by atomic mass is 32.2. The standard InChI is InChI=1S/C35H44F2N8O6S/c36-25-9-6-10-26(37)33(25)51-20-29(46)27(11-3-4-14-38)40-34(48)22-7-5-8-24(17-22)45-18-23(43-44-45)19-50-16-15-39-31(47)13-2-1-12-30-32-28(21-52-30)41-35(49)42-32/h5-10,17-18,27-28,30,32H,1-4,11-16,19-21,38H2,(H,39,47)(H,40,48)(H2,41,42,49)/t27?,28-,30-,32-/m0/s1. The molecular formula is C35H44F2N8O6S. The van der Waals surface area contributed by atoms with Gasteiger partial charge in [-0.2, -0.15) is 11.8 Å². The van der Waals surface area contributed by atoms with Crippen LogP contribution in [0, 0.1) is 11.6 Å². The van der Waals surface area contributed by atoms with Crippen LogP contribution in [0.25, 0.3) is 5.69 Å². The molecule has 1 unspecified atom stereocenters. The fourth-order valence-corrected chi connectivity index (χ4v) is 7.54. The first-order valence-electron chi connectivity index (χ1n) is 17.4. The number of hydrogen-bond donors (Lipinski definition) is 5. The molecule has 0 aliphatic carbocycles. The van der Waals surface area contributed by atoms with Crippen molar-refractivity contribution in [1.82, 2.24) is 36.3 Å². The van der Waals surface area contributed by atoms with Gasteiger partial charge in [0, 0.05) is 29.5 Å². The Morgan fingerprint density at radius 3 is 2.69 bits per heavy atom. The number of para-hydroxylation sites is 1. The molecule has 5 rings (SSSR count). The van der Waals surface area contributed by atoms with E-state index in [4.69, 9.17) is 15.2 Å². The van der Waals surface area contributed by atoms with E-state index >= 15 is 0 Å². The number of Topliss-reactive ketones (excluding diaryl/α,β-unsaturated/α-hetero) is 1. The predicted molar refractivity (Wildman–Crippen MR) is 189 cm³/mol. The van der Waals surface area contributed by atoms with Crippen molar-refractivity contribution in [3.8, 4) is 11.4 Å². The lowest BCUT2D eigenvalue weighted by molar-refractivity contribution is -0.123. The van der Waals surface area contributed by atoms with Crippen LogP contribution in [0.15, 0.2) is 48.7 Å². The Hall–Kier alpha value is -4.61. The third-order valence-electron chi connectivity index (χ3n) is 8.73. The molecule has 6 N–H and O–H groups in total. The van der Waals surface area contributed by atoms with Crippen molar-refractivity contribution in [2.75, 3.05) is 32.1 Å². The maximum atomic E-state index is 14.0. The molecule has 17 heteroatoms. The van der Waals surface area contributed by atoms with E-state index in [2.05, 4.69) is 31.6 Å². The lowest BCUT2D eigenvalue weighted by Crippen LogP contribution is -2.43. The Bertz CT molecular complexity index is 1680. The molecule has 4 atom stereocenters. The van der Waals surface area contributed by atoms with Gasteiger partial charge in [-0.05, 0) is 69.0 Å². The van der Waals surface area contributed by atoms with Crippen LogP contribution in [0.4, 0.5) is 13.6 Å². The van der Waals surface area contributed by atoms with E-state index < -0.39 is 41.7 Å². The summed E-state index contributed by atoms with van der Waals surface area (Å²) in [6.45, 7) is 0.567. The predicted octanol–water partition coefficient (Wildman–Crippen LogP) is 2.78. The van der Waals surface area contributed by atoms with Crippen LogP contribution in [0.3, 0.4) is 0 Å². The van der Waals surface area contributed by atoms with Crippen molar-refractivity contribution in [2.24, 2.45) is 5.73 Å². The quantitative estimate of drug-likeness (QED) is 0.0802. The molecular weight excluding hydrogens is 698 g/mol. The summed E-state index contributed by atoms with van der Waals surface area (Å²) in [5.41, 5.74) is 6.93. The highest BCUT2D eigenvalue weighted by Gasteiger charge is 2.42. The number of carbonyl (C=O) groups excluding carboxylic acids is 4. The van der Waals surface area contributed by atoms with Crippen LogP contribution in [0.5, 0.6) is 5.75 Å². The summed E-state index contributed by atoms with van der Waals surface area (Å²) in [6, 6.07) is 9.12. The van der Waals surface area contributed by atoms with Gasteiger partial charge in [-0.25, -0.2) is 18.3 Å². The SMILES string of the molecule is NCCCCC(NC(=O)c1cccc(-n2cc(COCCNC(=O)CCCC[C@@H]3SC[C@@H]4NC(=O)N[C@@H]43)nn2)c1)C(=O)COc1c(F)cccc1F. The van der Waals surface area contributed by atoms with Crippen LogP contribution in [0.2, 0.25) is 0 Å². The molecule has 2 aliphatic heterocycles. The first-order chi connectivity index (χ1) is 25.2. The van der Waals surface area contributed by atoms with Crippen molar-refractivity contribution < 1.29 is 37.4 Å². The maximum Gasteiger partial charge on any atom is 0.315 e. The fourth-order valence-electron chi connectivity index (χ4n) is 5.99. The van der Waals surface area contributed by atoms with Gasteiger partial charge < -0.3 is 36.5 Å². The van der Waals surface area contributed by atoms with Crippen LogP contribution >= 0.6 is 11.8 Å². The number of carbonyl (C=O) groups is 4. The van der Waals surface area contributed by atoms with Gasteiger partial charge in [-0.15, -0.1) is 5.10 Å². The van der Waals surface area contributed by atoms with E-state index in [1.807, 2.05) is 11.8 Å². The number of halogens is 2. The number of ketones is 1. The summed E-state index contributed by atoms with van der Waals surface area (Å²) in [7, 11) is 0. The Kier molecular flexibility index (Phi) is 14.3. The zero-order valence-electron chi connectivity index (χ0n) is 28.7. The lowest BCUT2D eigenvalue weighted by atomic mass is 10.0. The number of thioether (sulfide) groups is 1. The summed E-state index contributed by atoms with van der Waals surface area (Å²) in [5.74, 6) is -2.72. The monoisotopic (exact) mass is 742 g/mol. The second kappa shape index (κ2) is 19.3. The number of nitrogens with one attached hydrogen (secondary N) is 4. The highest BCUT2D eigenvalue weighted by Crippen LogP contribution is 2.33. The third kappa shape index (κ3) is 10.9. The number of nitrogens with two attached hydrogens (primary N) is 1. The second-order valence-electron chi connectivity index (χ2n) is 12.6. The molecule has 2 fully saturated rings. The van der Waals surface area contributed by atoms with Crippen molar-refractivity contribution in [2.45, 2.75) is 74.9 Å². The summed E-state index contributed by atoms with van der Waals surface area (Å²) < 4.78 is 40.3. The van der Waals surface area contributed by atoms with E-state index in [0.29, 0.717) is 49.0 Å². The van der Waals surface area contributed by atoms with Crippen LogP contribution < -0.4 is 31.7 Å². The normalized spacial score (nSPS) is 18.3. The van der Waals surface area contributed by atoms with E-state index in [9.17, 15) is 28.0 Å². The van der Waals surface area contributed by atoms with E-state index in [1.165, 1.54) is 10.7 Å². The van der Waals surface area contributed by atoms with Crippen LogP contribution in [-0.4, -0.2) is 94.1 Å². The van der Waals surface area contributed by atoms with Gasteiger partial charge in [0.2, 0.25) is 5.91 Å². The number of aromatic nitrogens is 3. The summed E-state index contributed by atoms with van der Waals surface area (Å²) in [5, 5.41) is 20.1. The van der Waals surface area contributed by atoms with Crippen LogP contribution in [0.1, 0.15) is 61.0 Å². The Morgan fingerprint density at radius 1 is 1.08 bits per heavy atom. The minimum Gasteiger partial charge on any atom is -0.480 e. The molecule has 0 bridgehead atoms. The molecule has 2 aliphatic rings. The minimum absolute atomic E-state index is 0.0382. The van der Waals surface area contributed by atoms with Gasteiger partial charge in [0.25, 0.3) is 5.91 Å². The minimum atomic E-state index is -0.970. The zero-order valence-corrected chi connectivity index (χ0v) is 29.5. The molecule has 280 valence electrons. The summed E-state index contributed by atoms with van der Waals surface area (Å²) in [6.07, 6.45) is 6.16. The second-order valence-corrected chi connectivity index (χ2v) is 13.9. The Balaban J connectivity index is 1.02. The van der Waals surface area contributed by atoms with Gasteiger partial charge >= 0.3 is 6.03 Å². The van der Waals surface area contributed by atoms with Crippen molar-refractivity contribution in [3.05, 3.63) is 71.6 Å². The molecule has 4 amide bonds. The number of ether oxygens (including phenoxy) is 2. The van der Waals surface area contributed by atoms with Gasteiger partial charge in [-0.1, -0.05) is 23.8 Å². The number of urea groups is 1. The summed E-state index contributed by atoms with van der Waals surface area (Å²) in [4.78, 5) is 50.0. The van der Waals surface area contributed by atoms with Crippen molar-refractivity contribution in [1.29, 1.82) is 0 Å². The van der Waals surface area contributed by atoms with Gasteiger partial charge in [0.15, 0.2) is 23.2 Å². The fraction of sp³-hybridized carbons (Fsp3) is 0.486. The maximum absolute atomic E-state index is 14.0. The van der Waals surface area contributed by atoms with E-state index in [-0.39, 0.29) is 49.2 Å². The summed E-state index contributed by atoms with van der Waals surface area (Å²) >= 11 is 1.87. The first-order valence-corrected chi connectivity index (χ1v) is 18.4. The lowest BCUT2D eigenvalue weighted by Gasteiger charge is -2.18. The average molecular weight is 743 g/mol. The molecule has 0 saturated carbocycles. The topological polar surface area (TPSA) is 192 Å². The largest absolute Gasteiger partial charge is 0.480 e. The number of hydrogen-bond acceptors (Lipinski definition) is 10. The number of rotatable bonds is 21. The molecule has 2 aromatic carbocycles. The number of unbranched alkanes of at least 4 members (excludes halogenated alkanes) is 2. The first kappa shape index (κ1) is 38.6. The molecule has 52 heavy (non-hydrogen) atoms. The van der Waals surface area contributed by atoms with Gasteiger partial charge in [0.1, 0.15) is 12.3 Å². The van der Waals surface area contributed by atoms with Gasteiger partial charge in [-0.3, -0.25) is 14.4 Å². The van der Waals surface area contributed by atoms with Gasteiger partial charge in [0.05, 0.1) is 43.2 Å². The molecule has 0 spiro atoms. The molecule has 0 radical (unpaired) electrons. The van der Waals surface area contributed by atoms with Crippen molar-refractivity contribution >= 4 is 35.4 Å². The van der Waals surface area contributed by atoms with Crippen molar-refractivity contribution in [3.63, 3.8) is 0 Å². The Labute approximate surface area is 304 Å². The van der Waals surface area contributed by atoms with Crippen LogP contribution in [-0.2, 0) is 20.9 Å². The molecule has 2 saturated heterocycles. The highest BCUT2D eigenvalue weighted by molar-refractivity contribution is 8.00. The molecule has 1 aromatic heterocycles. The number of amides is 4. The molecule has 3 aromatic rings. The van der Waals surface area contributed by atoms with E-state index in [1.54, 1.807) is 30.5 Å². The Morgan fingerprint density at radius 2 is 1.88 bits per heavy atom. The number of fused-ring (bicyclic) bond motifs is 1. The van der Waals surface area contributed by atoms with E-state index in [0.717, 1.165) is 37.1 Å². The number of nitrogens with zero attached hydrogens (tertiary/aromatic N) is 3. The molecule has 14 nitrogen and oxygen atoms in total. The smallest absolute Gasteiger partial charge is 0.315 e. The average Bonchev–Trinajstić information content (AvgIpc) is 3.86. The molecule has 3 heterocycles. The number of benzene rings is 2. The third-order valence-corrected chi connectivity index (χ3v) is 10.2. The zero-order chi connectivity index (χ0) is 36.9.